The number of carbonyl (C=O) groups excluding carboxylic acids is 2. The smallest absolute Gasteiger partial charge is 0.340 e. The number of aldehydes is 1. The van der Waals surface area contributed by atoms with Gasteiger partial charge in [-0.2, -0.15) is 0 Å². The van der Waals surface area contributed by atoms with E-state index >= 15 is 0 Å². The molecule has 3 rings (SSSR count). The molecule has 0 bridgehead atoms. The van der Waals surface area contributed by atoms with Crippen molar-refractivity contribution in [3.8, 4) is 5.75 Å². The highest BCUT2D eigenvalue weighted by molar-refractivity contribution is 7.92. The Morgan fingerprint density at radius 3 is 2.22 bits per heavy atom. The van der Waals surface area contributed by atoms with Crippen molar-refractivity contribution in [2.45, 2.75) is 18.4 Å². The summed E-state index contributed by atoms with van der Waals surface area (Å²) in [6.45, 7) is 1.62. The number of rotatable bonds is 8. The third-order valence-corrected chi connectivity index (χ3v) is 6.69. The lowest BCUT2D eigenvalue weighted by Crippen LogP contribution is -2.33. The first-order chi connectivity index (χ1) is 15.3. The number of benzene rings is 3. The Balaban J connectivity index is 2.26. The van der Waals surface area contributed by atoms with E-state index < -0.39 is 16.0 Å². The third kappa shape index (κ3) is 4.65. The summed E-state index contributed by atoms with van der Waals surface area (Å²) in [6, 6.07) is 17.9. The highest BCUT2D eigenvalue weighted by Gasteiger charge is 2.31. The summed E-state index contributed by atoms with van der Waals surface area (Å²) in [5, 5.41) is 0. The van der Waals surface area contributed by atoms with Crippen LogP contribution in [0.15, 0.2) is 71.6 Å². The summed E-state index contributed by atoms with van der Waals surface area (Å²) < 4.78 is 38.7. The number of aryl methyl sites for hydroxylation is 1. The second kappa shape index (κ2) is 9.65. The van der Waals surface area contributed by atoms with Crippen LogP contribution in [0.3, 0.4) is 0 Å². The van der Waals surface area contributed by atoms with Gasteiger partial charge in [0.1, 0.15) is 12.0 Å². The summed E-state index contributed by atoms with van der Waals surface area (Å²) in [5.74, 6) is -0.227. The molecule has 0 aliphatic heterocycles. The molecule has 0 aliphatic rings. The molecule has 8 heteroatoms. The van der Waals surface area contributed by atoms with E-state index in [0.29, 0.717) is 17.6 Å². The summed E-state index contributed by atoms with van der Waals surface area (Å²) in [4.78, 5) is 24.0. The summed E-state index contributed by atoms with van der Waals surface area (Å²) in [5.41, 5.74) is 1.56. The molecule has 0 N–H and O–H groups in total. The first kappa shape index (κ1) is 23.0. The van der Waals surface area contributed by atoms with Crippen molar-refractivity contribution >= 4 is 28.0 Å². The lowest BCUT2D eigenvalue weighted by molar-refractivity contribution is 0.0601. The largest absolute Gasteiger partial charge is 0.497 e. The van der Waals surface area contributed by atoms with Crippen molar-refractivity contribution in [2.24, 2.45) is 0 Å². The number of hydrogen-bond donors (Lipinski definition) is 0. The van der Waals surface area contributed by atoms with E-state index in [0.717, 1.165) is 5.56 Å². The van der Waals surface area contributed by atoms with Crippen LogP contribution < -0.4 is 9.04 Å². The molecule has 32 heavy (non-hydrogen) atoms. The van der Waals surface area contributed by atoms with Gasteiger partial charge in [-0.1, -0.05) is 30.3 Å². The maximum atomic E-state index is 13.8. The monoisotopic (exact) mass is 453 g/mol. The zero-order chi connectivity index (χ0) is 23.3. The van der Waals surface area contributed by atoms with Crippen molar-refractivity contribution in [2.75, 3.05) is 18.5 Å². The van der Waals surface area contributed by atoms with Crippen molar-refractivity contribution in [1.82, 2.24) is 0 Å². The average Bonchev–Trinajstić information content (AvgIpc) is 2.82. The molecule has 0 amide bonds. The lowest BCUT2D eigenvalue weighted by atomic mass is 10.0. The molecule has 0 fully saturated rings. The van der Waals surface area contributed by atoms with Crippen LogP contribution in [-0.4, -0.2) is 34.9 Å². The number of nitrogens with zero attached hydrogens (tertiary/aromatic N) is 1. The Morgan fingerprint density at radius 1 is 1.00 bits per heavy atom. The maximum absolute atomic E-state index is 13.8. The maximum Gasteiger partial charge on any atom is 0.340 e. The van der Waals surface area contributed by atoms with Crippen LogP contribution in [0.1, 0.15) is 31.8 Å². The van der Waals surface area contributed by atoms with Gasteiger partial charge in [-0.05, 0) is 54.4 Å². The Morgan fingerprint density at radius 2 is 1.66 bits per heavy atom. The van der Waals surface area contributed by atoms with E-state index in [1.165, 1.54) is 42.8 Å². The van der Waals surface area contributed by atoms with Crippen molar-refractivity contribution in [1.29, 1.82) is 0 Å². The van der Waals surface area contributed by atoms with Gasteiger partial charge < -0.3 is 9.47 Å². The molecule has 0 saturated carbocycles. The van der Waals surface area contributed by atoms with Crippen LogP contribution in [0.5, 0.6) is 5.75 Å². The molecule has 0 aromatic heterocycles. The second-order valence-electron chi connectivity index (χ2n) is 7.02. The van der Waals surface area contributed by atoms with E-state index in [2.05, 4.69) is 0 Å². The molecule has 0 aliphatic carbocycles. The molecule has 3 aromatic rings. The third-order valence-electron chi connectivity index (χ3n) is 4.93. The Kier molecular flexibility index (Phi) is 6.95. The van der Waals surface area contributed by atoms with E-state index in [1.807, 2.05) is 6.07 Å². The first-order valence-corrected chi connectivity index (χ1v) is 11.1. The van der Waals surface area contributed by atoms with Crippen LogP contribution in [0.25, 0.3) is 0 Å². The SMILES string of the molecule is COC(=O)c1cc(C=O)cc(C)c1N(Cc1ccccc1)S(=O)(=O)c1ccc(OC)cc1. The molecule has 3 aromatic carbocycles. The van der Waals surface area contributed by atoms with Crippen molar-refractivity contribution < 1.29 is 27.5 Å². The van der Waals surface area contributed by atoms with Crippen molar-refractivity contribution in [3.05, 3.63) is 89.0 Å². The van der Waals surface area contributed by atoms with Crippen LogP contribution >= 0.6 is 0 Å². The molecule has 0 saturated heterocycles. The highest BCUT2D eigenvalue weighted by atomic mass is 32.2. The zero-order valence-electron chi connectivity index (χ0n) is 17.9. The molecular weight excluding hydrogens is 430 g/mol. The normalized spacial score (nSPS) is 11.0. The molecule has 0 heterocycles. The fourth-order valence-corrected chi connectivity index (χ4v) is 4.92. The van der Waals surface area contributed by atoms with Crippen LogP contribution in [0.2, 0.25) is 0 Å². The number of methoxy groups -OCH3 is 2. The summed E-state index contributed by atoms with van der Waals surface area (Å²) >= 11 is 0. The molecule has 7 nitrogen and oxygen atoms in total. The van der Waals surface area contributed by atoms with Gasteiger partial charge in [-0.15, -0.1) is 0 Å². The fourth-order valence-electron chi connectivity index (χ4n) is 3.38. The Bertz CT molecular complexity index is 1220. The van der Waals surface area contributed by atoms with E-state index in [-0.39, 0.29) is 28.3 Å². The van der Waals surface area contributed by atoms with E-state index in [4.69, 9.17) is 9.47 Å². The van der Waals surface area contributed by atoms with Gasteiger partial charge in [0.15, 0.2) is 0 Å². The van der Waals surface area contributed by atoms with Crippen molar-refractivity contribution in [3.63, 3.8) is 0 Å². The standard InChI is InChI=1S/C24H23NO6S/c1-17-13-19(16-26)14-22(24(27)31-3)23(17)25(15-18-7-5-4-6-8-18)32(28,29)21-11-9-20(30-2)10-12-21/h4-14,16H,15H2,1-3H3. The minimum atomic E-state index is -4.10. The Hall–Kier alpha value is -3.65. The molecule has 0 radical (unpaired) electrons. The highest BCUT2D eigenvalue weighted by Crippen LogP contribution is 2.34. The fraction of sp³-hybridized carbons (Fsp3) is 0.167. The predicted molar refractivity (Wildman–Crippen MR) is 121 cm³/mol. The van der Waals surface area contributed by atoms with Crippen LogP contribution in [-0.2, 0) is 21.3 Å². The number of sulfonamides is 1. The van der Waals surface area contributed by atoms with E-state index in [9.17, 15) is 18.0 Å². The second-order valence-corrected chi connectivity index (χ2v) is 8.88. The molecule has 0 atom stereocenters. The van der Waals surface area contributed by atoms with Crippen LogP contribution in [0.4, 0.5) is 5.69 Å². The van der Waals surface area contributed by atoms with Gasteiger partial charge in [0.25, 0.3) is 10.0 Å². The summed E-state index contributed by atoms with van der Waals surface area (Å²) in [6.07, 6.45) is 0.600. The number of carbonyl (C=O) groups is 2. The van der Waals surface area contributed by atoms with E-state index in [1.54, 1.807) is 43.3 Å². The van der Waals surface area contributed by atoms with Gasteiger partial charge >= 0.3 is 5.97 Å². The minimum Gasteiger partial charge on any atom is -0.497 e. The lowest BCUT2D eigenvalue weighted by Gasteiger charge is -2.28. The zero-order valence-corrected chi connectivity index (χ0v) is 18.8. The minimum absolute atomic E-state index is 0.0115. The average molecular weight is 454 g/mol. The predicted octanol–water partition coefficient (Wildman–Crippen LogP) is 4.00. The molecular formula is C24H23NO6S. The van der Waals surface area contributed by atoms with Gasteiger partial charge in [-0.3, -0.25) is 9.10 Å². The number of esters is 1. The Labute approximate surface area is 187 Å². The first-order valence-electron chi connectivity index (χ1n) is 9.70. The van der Waals surface area contributed by atoms with Gasteiger partial charge in [0.05, 0.1) is 36.9 Å². The van der Waals surface area contributed by atoms with Gasteiger partial charge in [0, 0.05) is 5.56 Å². The number of anilines is 1. The number of hydrogen-bond acceptors (Lipinski definition) is 6. The van der Waals surface area contributed by atoms with Gasteiger partial charge in [0.2, 0.25) is 0 Å². The summed E-state index contributed by atoms with van der Waals surface area (Å²) in [7, 11) is -1.41. The topological polar surface area (TPSA) is 90.0 Å². The quantitative estimate of drug-likeness (QED) is 0.378. The molecule has 0 unspecified atom stereocenters. The van der Waals surface area contributed by atoms with Crippen LogP contribution in [0, 0.1) is 6.92 Å². The number of ether oxygens (including phenoxy) is 2. The molecule has 166 valence electrons. The van der Waals surface area contributed by atoms with Gasteiger partial charge in [-0.25, -0.2) is 13.2 Å². The molecule has 0 spiro atoms.